The molecule has 0 unspecified atom stereocenters. The van der Waals surface area contributed by atoms with Crippen LogP contribution < -0.4 is 5.73 Å². The van der Waals surface area contributed by atoms with Crippen molar-refractivity contribution in [2.75, 3.05) is 11.5 Å². The fourth-order valence-corrected chi connectivity index (χ4v) is 5.55. The van der Waals surface area contributed by atoms with E-state index < -0.39 is 5.41 Å². The Kier molecular flexibility index (Phi) is 4.13. The number of thiophene rings is 1. The number of nitriles is 3. The van der Waals surface area contributed by atoms with Crippen LogP contribution in [0, 0.1) is 45.3 Å². The maximum atomic E-state index is 9.66. The molecule has 2 N–H and O–H groups in total. The molecule has 2 aliphatic rings. The number of thioether (sulfide) groups is 1. The highest BCUT2D eigenvalue weighted by atomic mass is 35.5. The molecule has 0 bridgehead atoms. The molecule has 2 heterocycles. The average Bonchev–Trinajstić information content (AvgIpc) is 3.00. The summed E-state index contributed by atoms with van der Waals surface area (Å²) in [6.07, 6.45) is 1.93. The van der Waals surface area contributed by atoms with Gasteiger partial charge in [-0.15, -0.1) is 11.3 Å². The predicted molar refractivity (Wildman–Crippen MR) is 91.5 cm³/mol. The van der Waals surface area contributed by atoms with Gasteiger partial charge < -0.3 is 5.73 Å². The summed E-state index contributed by atoms with van der Waals surface area (Å²) in [6, 6.07) is 9.96. The molecule has 4 nitrogen and oxygen atoms in total. The molecule has 1 aliphatic heterocycles. The van der Waals surface area contributed by atoms with E-state index >= 15 is 0 Å². The maximum absolute atomic E-state index is 9.66. The van der Waals surface area contributed by atoms with Crippen molar-refractivity contribution in [3.05, 3.63) is 44.3 Å². The first kappa shape index (κ1) is 16.0. The van der Waals surface area contributed by atoms with E-state index in [0.717, 1.165) is 22.0 Å². The van der Waals surface area contributed by atoms with E-state index in [-0.39, 0.29) is 17.5 Å². The summed E-state index contributed by atoms with van der Waals surface area (Å²) in [7, 11) is 0. The van der Waals surface area contributed by atoms with E-state index in [4.69, 9.17) is 17.3 Å². The summed E-state index contributed by atoms with van der Waals surface area (Å²) < 4.78 is 0.641. The van der Waals surface area contributed by atoms with E-state index in [1.807, 2.05) is 12.1 Å². The van der Waals surface area contributed by atoms with E-state index in [1.165, 1.54) is 11.3 Å². The molecule has 7 heteroatoms. The zero-order chi connectivity index (χ0) is 16.6. The van der Waals surface area contributed by atoms with Crippen LogP contribution in [0.4, 0.5) is 0 Å². The normalized spacial score (nSPS) is 25.6. The Bertz CT molecular complexity index is 833. The first-order chi connectivity index (χ1) is 11.1. The van der Waals surface area contributed by atoms with Crippen molar-refractivity contribution >= 4 is 34.7 Å². The van der Waals surface area contributed by atoms with Gasteiger partial charge >= 0.3 is 0 Å². The van der Waals surface area contributed by atoms with Crippen molar-refractivity contribution in [1.29, 1.82) is 15.8 Å². The highest BCUT2D eigenvalue weighted by Crippen LogP contribution is 2.54. The molecule has 0 amide bonds. The summed E-state index contributed by atoms with van der Waals surface area (Å²) in [6.45, 7) is 0. The SMILES string of the molecule is N#CC1=C(N)C(C#N)(C#N)C2=CCSC[C@@H]2[C@@H]1c1ccc(Cl)s1. The highest BCUT2D eigenvalue weighted by molar-refractivity contribution is 7.99. The van der Waals surface area contributed by atoms with Crippen LogP contribution >= 0.6 is 34.7 Å². The first-order valence-corrected chi connectivity index (χ1v) is 9.20. The van der Waals surface area contributed by atoms with Crippen molar-refractivity contribution in [3.63, 3.8) is 0 Å². The second-order valence-corrected chi connectivity index (χ2v) is 8.16. The zero-order valence-corrected chi connectivity index (χ0v) is 14.3. The van der Waals surface area contributed by atoms with E-state index in [9.17, 15) is 15.8 Å². The van der Waals surface area contributed by atoms with Crippen molar-refractivity contribution in [2.24, 2.45) is 17.1 Å². The molecule has 114 valence electrons. The molecule has 1 aromatic heterocycles. The Labute approximate surface area is 147 Å². The molecule has 3 rings (SSSR count). The first-order valence-electron chi connectivity index (χ1n) is 6.85. The third kappa shape index (κ3) is 2.25. The predicted octanol–water partition coefficient (Wildman–Crippen LogP) is 3.56. The molecule has 0 fully saturated rings. The molecule has 0 saturated carbocycles. The minimum Gasteiger partial charge on any atom is -0.399 e. The number of nitrogens with two attached hydrogens (primary N) is 1. The lowest BCUT2D eigenvalue weighted by atomic mass is 9.62. The van der Waals surface area contributed by atoms with Crippen LogP contribution in [0.25, 0.3) is 0 Å². The van der Waals surface area contributed by atoms with Gasteiger partial charge in [-0.05, 0) is 17.7 Å². The van der Waals surface area contributed by atoms with Gasteiger partial charge in [0.05, 0.1) is 33.8 Å². The standard InChI is InChI=1S/C16H11ClN4S2/c17-13-2-1-12(23-13)14-9(5-18)15(21)16(7-19,8-20)11-3-4-22-6-10(11)14/h1-3,10,14H,4,6,21H2/t10-,14+/m0/s1. The Hall–Kier alpha value is -1.91. The van der Waals surface area contributed by atoms with Gasteiger partial charge in [-0.25, -0.2) is 0 Å². The fourth-order valence-electron chi connectivity index (χ4n) is 3.26. The fraction of sp³-hybridized carbons (Fsp3) is 0.312. The summed E-state index contributed by atoms with van der Waals surface area (Å²) >= 11 is 9.19. The largest absolute Gasteiger partial charge is 0.399 e. The minimum atomic E-state index is -1.53. The molecule has 0 radical (unpaired) electrons. The second kappa shape index (κ2) is 5.95. The van der Waals surface area contributed by atoms with Crippen LogP contribution in [-0.2, 0) is 0 Å². The summed E-state index contributed by atoms with van der Waals surface area (Å²) in [5, 5.41) is 29.0. The van der Waals surface area contributed by atoms with Crippen LogP contribution in [0.1, 0.15) is 10.8 Å². The molecule has 1 aromatic rings. The molecule has 0 saturated heterocycles. The van der Waals surface area contributed by atoms with Gasteiger partial charge in [0.15, 0.2) is 0 Å². The number of fused-ring (bicyclic) bond motifs is 1. The lowest BCUT2D eigenvalue weighted by Gasteiger charge is -2.41. The van der Waals surface area contributed by atoms with E-state index in [2.05, 4.69) is 18.2 Å². The van der Waals surface area contributed by atoms with Crippen LogP contribution in [0.2, 0.25) is 4.34 Å². The number of rotatable bonds is 1. The quantitative estimate of drug-likeness (QED) is 0.774. The van der Waals surface area contributed by atoms with Crippen molar-refractivity contribution in [3.8, 4) is 18.2 Å². The van der Waals surface area contributed by atoms with Gasteiger partial charge in [0, 0.05) is 28.2 Å². The lowest BCUT2D eigenvalue weighted by Crippen LogP contribution is -2.41. The third-order valence-corrected chi connectivity index (χ3v) is 6.63. The number of hydrogen-bond donors (Lipinski definition) is 1. The Balaban J connectivity index is 2.30. The monoisotopic (exact) mass is 358 g/mol. The summed E-state index contributed by atoms with van der Waals surface area (Å²) in [5.74, 6) is 1.15. The second-order valence-electron chi connectivity index (χ2n) is 5.34. The van der Waals surface area contributed by atoms with Gasteiger partial charge in [0.2, 0.25) is 5.41 Å². The Morgan fingerprint density at radius 3 is 2.57 bits per heavy atom. The maximum Gasteiger partial charge on any atom is 0.204 e. The molecule has 1 aliphatic carbocycles. The van der Waals surface area contributed by atoms with Crippen molar-refractivity contribution in [2.45, 2.75) is 5.92 Å². The molecular formula is C16H11ClN4S2. The molecule has 0 spiro atoms. The molecular weight excluding hydrogens is 348 g/mol. The van der Waals surface area contributed by atoms with Gasteiger partial charge in [-0.1, -0.05) is 17.7 Å². The smallest absolute Gasteiger partial charge is 0.204 e. The van der Waals surface area contributed by atoms with Gasteiger partial charge in [-0.3, -0.25) is 0 Å². The number of nitrogens with zero attached hydrogens (tertiary/aromatic N) is 3. The molecule has 0 aromatic carbocycles. The lowest BCUT2D eigenvalue weighted by molar-refractivity contribution is 0.480. The number of halogens is 1. The zero-order valence-electron chi connectivity index (χ0n) is 11.9. The van der Waals surface area contributed by atoms with E-state index in [0.29, 0.717) is 9.91 Å². The summed E-state index contributed by atoms with van der Waals surface area (Å²) in [4.78, 5) is 0.942. The number of hydrogen-bond acceptors (Lipinski definition) is 6. The van der Waals surface area contributed by atoms with Crippen LogP contribution in [-0.4, -0.2) is 11.5 Å². The molecule has 2 atom stereocenters. The molecule has 23 heavy (non-hydrogen) atoms. The number of allylic oxidation sites excluding steroid dienone is 2. The van der Waals surface area contributed by atoms with E-state index in [1.54, 1.807) is 17.8 Å². The van der Waals surface area contributed by atoms with Crippen LogP contribution in [0.3, 0.4) is 0 Å². The van der Waals surface area contributed by atoms with Crippen LogP contribution in [0.15, 0.2) is 35.1 Å². The van der Waals surface area contributed by atoms with Crippen LogP contribution in [0.5, 0.6) is 0 Å². The highest BCUT2D eigenvalue weighted by Gasteiger charge is 2.52. The minimum absolute atomic E-state index is 0.0638. The Morgan fingerprint density at radius 1 is 1.26 bits per heavy atom. The van der Waals surface area contributed by atoms with Gasteiger partial charge in [0.25, 0.3) is 0 Å². The average molecular weight is 359 g/mol. The Morgan fingerprint density at radius 2 is 2.00 bits per heavy atom. The van der Waals surface area contributed by atoms with Gasteiger partial charge in [0.1, 0.15) is 0 Å². The topological polar surface area (TPSA) is 97.4 Å². The summed E-state index contributed by atoms with van der Waals surface area (Å²) in [5.41, 5.74) is 5.74. The third-order valence-electron chi connectivity index (χ3n) is 4.31. The van der Waals surface area contributed by atoms with Crippen molar-refractivity contribution in [1.82, 2.24) is 0 Å². The van der Waals surface area contributed by atoms with Crippen molar-refractivity contribution < 1.29 is 0 Å². The van der Waals surface area contributed by atoms with Gasteiger partial charge in [-0.2, -0.15) is 27.5 Å².